The molecule has 0 aliphatic carbocycles. The molecule has 0 spiro atoms. The molecule has 1 saturated heterocycles. The van der Waals surface area contributed by atoms with Crippen LogP contribution in [0.5, 0.6) is 0 Å². The van der Waals surface area contributed by atoms with Gasteiger partial charge in [-0.25, -0.2) is 0 Å². The second-order valence-corrected chi connectivity index (χ2v) is 7.09. The van der Waals surface area contributed by atoms with E-state index in [2.05, 4.69) is 24.4 Å². The van der Waals surface area contributed by atoms with Crippen molar-refractivity contribution < 1.29 is 9.21 Å². The number of furan rings is 1. The minimum atomic E-state index is 0. The lowest BCUT2D eigenvalue weighted by Crippen LogP contribution is -2.39. The van der Waals surface area contributed by atoms with Gasteiger partial charge in [-0.05, 0) is 70.7 Å². The fraction of sp³-hybridized carbons (Fsp3) is 0.550. The average molecular weight is 365 g/mol. The Labute approximate surface area is 156 Å². The summed E-state index contributed by atoms with van der Waals surface area (Å²) in [5.41, 5.74) is 4.10. The molecular formula is C20H29ClN2O2. The second kappa shape index (κ2) is 8.24. The van der Waals surface area contributed by atoms with E-state index in [1.807, 2.05) is 25.8 Å². The summed E-state index contributed by atoms with van der Waals surface area (Å²) in [6.07, 6.45) is 3.37. The van der Waals surface area contributed by atoms with Gasteiger partial charge < -0.3 is 14.6 Å². The van der Waals surface area contributed by atoms with Gasteiger partial charge in [-0.2, -0.15) is 0 Å². The van der Waals surface area contributed by atoms with Crippen LogP contribution in [0.1, 0.15) is 46.5 Å². The maximum absolute atomic E-state index is 13.0. The highest BCUT2D eigenvalue weighted by atomic mass is 35.5. The molecule has 3 rings (SSSR count). The van der Waals surface area contributed by atoms with E-state index in [1.165, 1.54) is 12.0 Å². The number of rotatable bonds is 4. The number of nitrogens with zero attached hydrogens (tertiary/aromatic N) is 1. The molecule has 0 radical (unpaired) electrons. The monoisotopic (exact) mass is 364 g/mol. The van der Waals surface area contributed by atoms with Crippen LogP contribution in [0.4, 0.5) is 0 Å². The number of hydrogen-bond acceptors (Lipinski definition) is 3. The molecule has 0 saturated carbocycles. The fourth-order valence-electron chi connectivity index (χ4n) is 3.80. The van der Waals surface area contributed by atoms with Gasteiger partial charge >= 0.3 is 0 Å². The molecule has 1 aromatic heterocycles. The van der Waals surface area contributed by atoms with Crippen molar-refractivity contribution in [3.05, 3.63) is 34.6 Å². The molecule has 25 heavy (non-hydrogen) atoms. The Kier molecular flexibility index (Phi) is 6.53. The minimum Gasteiger partial charge on any atom is -0.450 e. The standard InChI is InChI=1S/C20H28N2O2.ClH/c1-13-5-6-14(2)18-17(13)15(3)19(24-18)20(23)22-11-8-16(9-12-22)7-10-21-4;/h5-6,16,21H,7-12H2,1-4H3;1H. The van der Waals surface area contributed by atoms with E-state index in [4.69, 9.17) is 4.42 Å². The second-order valence-electron chi connectivity index (χ2n) is 7.09. The largest absolute Gasteiger partial charge is 0.450 e. The summed E-state index contributed by atoms with van der Waals surface area (Å²) < 4.78 is 6.02. The number of benzene rings is 1. The quantitative estimate of drug-likeness (QED) is 0.882. The number of likely N-dealkylation sites (tertiary alicyclic amines) is 1. The van der Waals surface area contributed by atoms with E-state index >= 15 is 0 Å². The van der Waals surface area contributed by atoms with Crippen LogP contribution in [-0.2, 0) is 0 Å². The van der Waals surface area contributed by atoms with Gasteiger partial charge in [-0.3, -0.25) is 4.79 Å². The molecule has 2 aromatic rings. The number of fused-ring (bicyclic) bond motifs is 1. The molecule has 0 bridgehead atoms. The van der Waals surface area contributed by atoms with Gasteiger partial charge in [0.1, 0.15) is 5.58 Å². The van der Waals surface area contributed by atoms with Crippen LogP contribution in [-0.4, -0.2) is 37.5 Å². The van der Waals surface area contributed by atoms with E-state index in [0.29, 0.717) is 5.76 Å². The number of carbonyl (C=O) groups is 1. The highest BCUT2D eigenvalue weighted by molar-refractivity contribution is 6.00. The molecule has 1 N–H and O–H groups in total. The Morgan fingerprint density at radius 2 is 1.84 bits per heavy atom. The van der Waals surface area contributed by atoms with E-state index < -0.39 is 0 Å². The maximum Gasteiger partial charge on any atom is 0.289 e. The Morgan fingerprint density at radius 3 is 2.44 bits per heavy atom. The molecular weight excluding hydrogens is 336 g/mol. The summed E-state index contributed by atoms with van der Waals surface area (Å²) in [6, 6.07) is 4.16. The normalized spacial score (nSPS) is 15.4. The van der Waals surface area contributed by atoms with E-state index in [-0.39, 0.29) is 18.3 Å². The summed E-state index contributed by atoms with van der Waals surface area (Å²) in [6.45, 7) is 8.84. The molecule has 1 amide bonds. The van der Waals surface area contributed by atoms with Gasteiger partial charge in [0.05, 0.1) is 0 Å². The van der Waals surface area contributed by atoms with Crippen molar-refractivity contribution in [3.63, 3.8) is 0 Å². The van der Waals surface area contributed by atoms with Gasteiger partial charge in [0.15, 0.2) is 5.76 Å². The van der Waals surface area contributed by atoms with Crippen LogP contribution in [0.15, 0.2) is 16.5 Å². The molecule has 1 aliphatic rings. The third-order valence-corrected chi connectivity index (χ3v) is 5.38. The number of nitrogens with one attached hydrogen (secondary N) is 1. The molecule has 138 valence electrons. The Hall–Kier alpha value is -1.52. The molecule has 1 aliphatic heterocycles. The number of aryl methyl sites for hydroxylation is 3. The summed E-state index contributed by atoms with van der Waals surface area (Å²) in [5, 5.41) is 4.31. The maximum atomic E-state index is 13.0. The summed E-state index contributed by atoms with van der Waals surface area (Å²) in [5.74, 6) is 1.30. The first-order valence-corrected chi connectivity index (χ1v) is 8.96. The number of halogens is 1. The fourth-order valence-corrected chi connectivity index (χ4v) is 3.80. The van der Waals surface area contributed by atoms with Crippen LogP contribution in [0.2, 0.25) is 0 Å². The molecule has 0 unspecified atom stereocenters. The zero-order valence-corrected chi connectivity index (χ0v) is 16.5. The Morgan fingerprint density at radius 1 is 1.20 bits per heavy atom. The summed E-state index contributed by atoms with van der Waals surface area (Å²) in [4.78, 5) is 14.9. The van der Waals surface area contributed by atoms with Crippen molar-refractivity contribution in [2.45, 2.75) is 40.0 Å². The minimum absolute atomic E-state index is 0. The molecule has 2 heterocycles. The van der Waals surface area contributed by atoms with Crippen LogP contribution in [0.25, 0.3) is 11.0 Å². The Balaban J connectivity index is 0.00000225. The predicted octanol–water partition coefficient (Wildman–Crippen LogP) is 4.24. The van der Waals surface area contributed by atoms with Crippen LogP contribution >= 0.6 is 12.4 Å². The Bertz CT molecular complexity index is 746. The highest BCUT2D eigenvalue weighted by Crippen LogP contribution is 2.32. The molecule has 5 heteroatoms. The zero-order valence-electron chi connectivity index (χ0n) is 15.6. The first-order valence-electron chi connectivity index (χ1n) is 8.96. The SMILES string of the molecule is CNCCC1CCN(C(=O)c2oc3c(C)ccc(C)c3c2C)CC1.Cl. The lowest BCUT2D eigenvalue weighted by molar-refractivity contribution is 0.0656. The van der Waals surface area contributed by atoms with Crippen molar-refractivity contribution >= 4 is 29.3 Å². The summed E-state index contributed by atoms with van der Waals surface area (Å²) in [7, 11) is 1.99. The van der Waals surface area contributed by atoms with E-state index in [9.17, 15) is 4.79 Å². The third-order valence-electron chi connectivity index (χ3n) is 5.38. The van der Waals surface area contributed by atoms with Gasteiger partial charge in [-0.15, -0.1) is 12.4 Å². The van der Waals surface area contributed by atoms with Crippen LogP contribution < -0.4 is 5.32 Å². The number of hydrogen-bond donors (Lipinski definition) is 1. The van der Waals surface area contributed by atoms with Gasteiger partial charge in [0, 0.05) is 24.0 Å². The third kappa shape index (κ3) is 3.85. The molecule has 1 aromatic carbocycles. The first-order chi connectivity index (χ1) is 11.5. The molecule has 0 atom stereocenters. The highest BCUT2D eigenvalue weighted by Gasteiger charge is 2.28. The molecule has 4 nitrogen and oxygen atoms in total. The predicted molar refractivity (Wildman–Crippen MR) is 105 cm³/mol. The molecule has 1 fully saturated rings. The van der Waals surface area contributed by atoms with Crippen molar-refractivity contribution in [3.8, 4) is 0 Å². The van der Waals surface area contributed by atoms with E-state index in [0.717, 1.165) is 60.5 Å². The van der Waals surface area contributed by atoms with Crippen molar-refractivity contribution in [1.29, 1.82) is 0 Å². The lowest BCUT2D eigenvalue weighted by Gasteiger charge is -2.31. The van der Waals surface area contributed by atoms with Gasteiger partial charge in [0.25, 0.3) is 5.91 Å². The van der Waals surface area contributed by atoms with Gasteiger partial charge in [0.2, 0.25) is 0 Å². The van der Waals surface area contributed by atoms with Crippen molar-refractivity contribution in [2.75, 3.05) is 26.7 Å². The lowest BCUT2D eigenvalue weighted by atomic mass is 9.93. The van der Waals surface area contributed by atoms with Crippen molar-refractivity contribution in [1.82, 2.24) is 10.2 Å². The van der Waals surface area contributed by atoms with Crippen LogP contribution in [0, 0.1) is 26.7 Å². The van der Waals surface area contributed by atoms with E-state index in [1.54, 1.807) is 0 Å². The average Bonchev–Trinajstić information content (AvgIpc) is 2.95. The smallest absolute Gasteiger partial charge is 0.289 e. The number of carbonyl (C=O) groups excluding carboxylic acids is 1. The van der Waals surface area contributed by atoms with Crippen molar-refractivity contribution in [2.24, 2.45) is 5.92 Å². The number of piperidine rings is 1. The number of amides is 1. The van der Waals surface area contributed by atoms with Gasteiger partial charge in [-0.1, -0.05) is 12.1 Å². The topological polar surface area (TPSA) is 45.5 Å². The first kappa shape index (κ1) is 19.8. The summed E-state index contributed by atoms with van der Waals surface area (Å²) >= 11 is 0. The van der Waals surface area contributed by atoms with Crippen LogP contribution in [0.3, 0.4) is 0 Å². The zero-order chi connectivity index (χ0) is 17.3.